The smallest absolute Gasteiger partial charge is 0.166 e. The van der Waals surface area contributed by atoms with Gasteiger partial charge in [-0.1, -0.05) is 13.3 Å². The summed E-state index contributed by atoms with van der Waals surface area (Å²) in [4.78, 5) is 0. The Kier molecular flexibility index (Phi) is 6.83. The third kappa shape index (κ3) is 4.84. The van der Waals surface area contributed by atoms with Gasteiger partial charge in [-0.05, 0) is 32.3 Å². The van der Waals surface area contributed by atoms with Gasteiger partial charge in [0.1, 0.15) is 11.6 Å². The minimum atomic E-state index is 0.569. The zero-order valence-corrected chi connectivity index (χ0v) is 12.0. The average Bonchev–Trinajstić information content (AvgIpc) is 2.42. The van der Waals surface area contributed by atoms with Gasteiger partial charge in [0.25, 0.3) is 0 Å². The summed E-state index contributed by atoms with van der Waals surface area (Å²) >= 11 is 0. The van der Waals surface area contributed by atoms with E-state index in [2.05, 4.69) is 28.5 Å². The summed E-state index contributed by atoms with van der Waals surface area (Å²) < 4.78 is 5.47. The third-order valence-electron chi connectivity index (χ3n) is 2.97. The molecule has 0 unspecified atom stereocenters. The molecule has 0 atom stereocenters. The van der Waals surface area contributed by atoms with Crippen LogP contribution in [0.25, 0.3) is 0 Å². The second-order valence-electron chi connectivity index (χ2n) is 4.49. The van der Waals surface area contributed by atoms with Gasteiger partial charge in [-0.15, -0.1) is 5.10 Å². The van der Waals surface area contributed by atoms with Gasteiger partial charge in [0, 0.05) is 19.8 Å². The molecular weight excluding hydrogens is 240 g/mol. The first kappa shape index (κ1) is 15.4. The van der Waals surface area contributed by atoms with Gasteiger partial charge in [-0.25, -0.2) is 0 Å². The topological polar surface area (TPSA) is 70.8 Å². The Labute approximate surface area is 115 Å². The fourth-order valence-corrected chi connectivity index (χ4v) is 1.60. The molecule has 0 spiro atoms. The van der Waals surface area contributed by atoms with Crippen LogP contribution in [-0.2, 0) is 4.74 Å². The van der Waals surface area contributed by atoms with Crippen molar-refractivity contribution in [2.24, 2.45) is 0 Å². The number of nitrogens with one attached hydrogen (secondary N) is 1. The molecule has 104 valence electrons. The lowest BCUT2D eigenvalue weighted by atomic mass is 10.1. The number of aromatic nitrogens is 2. The Morgan fingerprint density at radius 2 is 1.95 bits per heavy atom. The maximum absolute atomic E-state index is 9.14. The molecule has 0 radical (unpaired) electrons. The van der Waals surface area contributed by atoms with E-state index in [1.54, 1.807) is 0 Å². The predicted molar refractivity (Wildman–Crippen MR) is 75.1 cm³/mol. The van der Waals surface area contributed by atoms with Crippen LogP contribution in [0.5, 0.6) is 0 Å². The van der Waals surface area contributed by atoms with Gasteiger partial charge in [0.05, 0.1) is 5.69 Å². The fourth-order valence-electron chi connectivity index (χ4n) is 1.60. The normalized spacial score (nSPS) is 10.2. The average molecular weight is 262 g/mol. The fraction of sp³-hybridized carbons (Fsp3) is 0.643. The van der Waals surface area contributed by atoms with Gasteiger partial charge in [-0.2, -0.15) is 10.4 Å². The van der Waals surface area contributed by atoms with Gasteiger partial charge < -0.3 is 10.1 Å². The predicted octanol–water partition coefficient (Wildman–Crippen LogP) is 2.58. The van der Waals surface area contributed by atoms with Crippen LogP contribution in [-0.4, -0.2) is 30.0 Å². The molecule has 0 saturated heterocycles. The maximum Gasteiger partial charge on any atom is 0.166 e. The summed E-state index contributed by atoms with van der Waals surface area (Å²) in [5.74, 6) is 0.569. The number of hydrogen-bond acceptors (Lipinski definition) is 5. The van der Waals surface area contributed by atoms with E-state index in [-0.39, 0.29) is 0 Å². The highest BCUT2D eigenvalue weighted by Gasteiger charge is 2.09. The second-order valence-corrected chi connectivity index (χ2v) is 4.49. The maximum atomic E-state index is 9.14. The number of hydrogen-bond donors (Lipinski definition) is 1. The molecule has 1 N–H and O–H groups in total. The Balaban J connectivity index is 2.38. The minimum Gasteiger partial charge on any atom is -0.381 e. The molecule has 19 heavy (non-hydrogen) atoms. The summed E-state index contributed by atoms with van der Waals surface area (Å²) in [5.41, 5.74) is 2.27. The molecule has 0 fully saturated rings. The number of nitriles is 1. The van der Waals surface area contributed by atoms with E-state index in [9.17, 15) is 0 Å². The van der Waals surface area contributed by atoms with Crippen molar-refractivity contribution in [2.45, 2.75) is 40.0 Å². The summed E-state index contributed by atoms with van der Waals surface area (Å²) in [6.45, 7) is 8.18. The SMILES string of the molecule is CCCCOCCCNc1nnc(C)c(C)c1C#N. The number of anilines is 1. The molecule has 1 heterocycles. The van der Waals surface area contributed by atoms with Crippen LogP contribution in [0.4, 0.5) is 5.82 Å². The molecule has 5 heteroatoms. The van der Waals surface area contributed by atoms with E-state index < -0.39 is 0 Å². The number of ether oxygens (including phenoxy) is 1. The summed E-state index contributed by atoms with van der Waals surface area (Å²) in [6.07, 6.45) is 3.15. The summed E-state index contributed by atoms with van der Waals surface area (Å²) in [6, 6.07) is 2.18. The molecular formula is C14H22N4O. The first-order chi connectivity index (χ1) is 9.20. The summed E-state index contributed by atoms with van der Waals surface area (Å²) in [5, 5.41) is 20.4. The molecule has 0 bridgehead atoms. The molecule has 0 amide bonds. The number of unbranched alkanes of at least 4 members (excludes halogenated alkanes) is 1. The summed E-state index contributed by atoms with van der Waals surface area (Å²) in [7, 11) is 0. The van der Waals surface area contributed by atoms with Crippen LogP contribution in [0.2, 0.25) is 0 Å². The van der Waals surface area contributed by atoms with Crippen LogP contribution in [0.1, 0.15) is 43.0 Å². The van der Waals surface area contributed by atoms with Gasteiger partial charge >= 0.3 is 0 Å². The lowest BCUT2D eigenvalue weighted by Crippen LogP contribution is -2.11. The lowest BCUT2D eigenvalue weighted by molar-refractivity contribution is 0.131. The van der Waals surface area contributed by atoms with E-state index >= 15 is 0 Å². The highest BCUT2D eigenvalue weighted by atomic mass is 16.5. The van der Waals surface area contributed by atoms with E-state index in [4.69, 9.17) is 10.00 Å². The van der Waals surface area contributed by atoms with Crippen LogP contribution in [0.3, 0.4) is 0 Å². The van der Waals surface area contributed by atoms with Crippen LogP contribution < -0.4 is 5.32 Å². The Morgan fingerprint density at radius 3 is 2.63 bits per heavy atom. The van der Waals surface area contributed by atoms with E-state index in [0.717, 1.165) is 50.3 Å². The quantitative estimate of drug-likeness (QED) is 0.729. The first-order valence-corrected chi connectivity index (χ1v) is 6.76. The lowest BCUT2D eigenvalue weighted by Gasteiger charge is -2.09. The van der Waals surface area contributed by atoms with Crippen molar-refractivity contribution in [2.75, 3.05) is 25.1 Å². The minimum absolute atomic E-state index is 0.569. The van der Waals surface area contributed by atoms with Gasteiger partial charge in [0.15, 0.2) is 5.82 Å². The van der Waals surface area contributed by atoms with E-state index in [1.165, 1.54) is 0 Å². The zero-order chi connectivity index (χ0) is 14.1. The molecule has 0 aliphatic carbocycles. The molecule has 0 aliphatic rings. The molecule has 1 aromatic rings. The number of rotatable bonds is 8. The molecule has 0 saturated carbocycles. The van der Waals surface area contributed by atoms with Crippen molar-refractivity contribution in [3.05, 3.63) is 16.8 Å². The number of nitrogens with zero attached hydrogens (tertiary/aromatic N) is 3. The monoisotopic (exact) mass is 262 g/mol. The standard InChI is InChI=1S/C14H22N4O/c1-4-5-8-19-9-6-7-16-14-13(10-15)11(2)12(3)17-18-14/h4-9H2,1-3H3,(H,16,18). The van der Waals surface area contributed by atoms with Crippen molar-refractivity contribution in [3.8, 4) is 6.07 Å². The largest absolute Gasteiger partial charge is 0.381 e. The zero-order valence-electron chi connectivity index (χ0n) is 12.0. The molecule has 5 nitrogen and oxygen atoms in total. The van der Waals surface area contributed by atoms with Crippen molar-refractivity contribution in [3.63, 3.8) is 0 Å². The molecule has 0 aromatic carbocycles. The molecule has 1 aromatic heterocycles. The first-order valence-electron chi connectivity index (χ1n) is 6.76. The highest BCUT2D eigenvalue weighted by molar-refractivity contribution is 5.55. The van der Waals surface area contributed by atoms with Crippen LogP contribution in [0.15, 0.2) is 0 Å². The molecule has 0 aliphatic heterocycles. The second kappa shape index (κ2) is 8.44. The third-order valence-corrected chi connectivity index (χ3v) is 2.97. The van der Waals surface area contributed by atoms with Crippen molar-refractivity contribution in [1.82, 2.24) is 10.2 Å². The van der Waals surface area contributed by atoms with E-state index in [1.807, 2.05) is 13.8 Å². The van der Waals surface area contributed by atoms with Crippen molar-refractivity contribution < 1.29 is 4.74 Å². The van der Waals surface area contributed by atoms with Gasteiger partial charge in [0.2, 0.25) is 0 Å². The highest BCUT2D eigenvalue weighted by Crippen LogP contribution is 2.16. The van der Waals surface area contributed by atoms with Crippen molar-refractivity contribution in [1.29, 1.82) is 5.26 Å². The Bertz CT molecular complexity index is 440. The van der Waals surface area contributed by atoms with Crippen LogP contribution >= 0.6 is 0 Å². The van der Waals surface area contributed by atoms with Crippen LogP contribution in [0, 0.1) is 25.2 Å². The Morgan fingerprint density at radius 1 is 1.21 bits per heavy atom. The van der Waals surface area contributed by atoms with Gasteiger partial charge in [-0.3, -0.25) is 0 Å². The Hall–Kier alpha value is -1.67. The van der Waals surface area contributed by atoms with E-state index in [0.29, 0.717) is 11.4 Å². The number of aryl methyl sites for hydroxylation is 1. The van der Waals surface area contributed by atoms with Crippen molar-refractivity contribution >= 4 is 5.82 Å². The molecule has 1 rings (SSSR count).